The van der Waals surface area contributed by atoms with Crippen molar-refractivity contribution in [2.45, 2.75) is 20.4 Å². The van der Waals surface area contributed by atoms with Crippen LogP contribution in [0.3, 0.4) is 0 Å². The third kappa shape index (κ3) is 3.18. The first-order chi connectivity index (χ1) is 12.5. The molecule has 5 heteroatoms. The van der Waals surface area contributed by atoms with Crippen LogP contribution in [0, 0.1) is 13.8 Å². The van der Waals surface area contributed by atoms with Gasteiger partial charge >= 0.3 is 0 Å². The molecular formula is C21H17ClN2OS. The molecule has 0 radical (unpaired) electrons. The Morgan fingerprint density at radius 3 is 2.54 bits per heavy atom. The molecule has 1 amide bonds. The third-order valence-electron chi connectivity index (χ3n) is 4.37. The number of fused-ring (bicyclic) bond motifs is 3. The molecule has 2 heterocycles. The smallest absolute Gasteiger partial charge is 0.261 e. The van der Waals surface area contributed by atoms with Gasteiger partial charge in [-0.25, -0.2) is 4.98 Å². The Labute approximate surface area is 160 Å². The standard InChI is InChI=1S/C21H17ClN2OS/c1-12-3-6-14(7-4-12)11-23-21(25)18-10-16-19(26-18)15-9-13(2)5-8-17(15)24-20(16)22/h3-10H,11H2,1-2H3,(H,23,25). The molecule has 0 atom stereocenters. The van der Waals surface area contributed by atoms with Gasteiger partial charge in [0.15, 0.2) is 0 Å². The lowest BCUT2D eigenvalue weighted by atomic mass is 10.1. The summed E-state index contributed by atoms with van der Waals surface area (Å²) in [6, 6.07) is 16.0. The number of aromatic nitrogens is 1. The number of hydrogen-bond donors (Lipinski definition) is 1. The fourth-order valence-corrected chi connectivity index (χ4v) is 4.32. The van der Waals surface area contributed by atoms with E-state index in [1.807, 2.05) is 56.3 Å². The minimum atomic E-state index is -0.0938. The first-order valence-corrected chi connectivity index (χ1v) is 9.54. The fraction of sp³-hybridized carbons (Fsp3) is 0.143. The summed E-state index contributed by atoms with van der Waals surface area (Å²) in [6.45, 7) is 4.59. The average molecular weight is 381 g/mol. The van der Waals surface area contributed by atoms with Crippen LogP contribution in [0.1, 0.15) is 26.4 Å². The monoisotopic (exact) mass is 380 g/mol. The van der Waals surface area contributed by atoms with Gasteiger partial charge in [0.25, 0.3) is 5.91 Å². The summed E-state index contributed by atoms with van der Waals surface area (Å²) >= 11 is 7.80. The Kier molecular flexibility index (Phi) is 4.39. The molecule has 0 aliphatic carbocycles. The van der Waals surface area contributed by atoms with Crippen LogP contribution >= 0.6 is 22.9 Å². The molecule has 0 saturated carbocycles. The van der Waals surface area contributed by atoms with Crippen LogP contribution in [-0.4, -0.2) is 10.9 Å². The second-order valence-corrected chi connectivity index (χ2v) is 7.86. The van der Waals surface area contributed by atoms with E-state index in [0.29, 0.717) is 16.6 Å². The Hall–Kier alpha value is -2.43. The van der Waals surface area contributed by atoms with Gasteiger partial charge in [-0.3, -0.25) is 4.79 Å². The molecule has 4 rings (SSSR count). The van der Waals surface area contributed by atoms with Crippen molar-refractivity contribution in [3.05, 3.63) is 75.3 Å². The molecule has 0 saturated heterocycles. The van der Waals surface area contributed by atoms with E-state index in [4.69, 9.17) is 11.6 Å². The summed E-state index contributed by atoms with van der Waals surface area (Å²) in [4.78, 5) is 17.7. The van der Waals surface area contributed by atoms with Gasteiger partial charge in [-0.1, -0.05) is 53.1 Å². The zero-order valence-corrected chi connectivity index (χ0v) is 16.0. The fourth-order valence-electron chi connectivity index (χ4n) is 2.93. The second-order valence-electron chi connectivity index (χ2n) is 6.44. The predicted molar refractivity (Wildman–Crippen MR) is 109 cm³/mol. The molecular weight excluding hydrogens is 364 g/mol. The lowest BCUT2D eigenvalue weighted by Crippen LogP contribution is -2.21. The maximum absolute atomic E-state index is 12.6. The maximum Gasteiger partial charge on any atom is 0.261 e. The number of nitrogens with one attached hydrogen (secondary N) is 1. The van der Waals surface area contributed by atoms with E-state index in [1.165, 1.54) is 16.9 Å². The third-order valence-corrected chi connectivity index (χ3v) is 5.82. The molecule has 0 fully saturated rings. The number of pyridine rings is 1. The predicted octanol–water partition coefficient (Wildman–Crippen LogP) is 5.65. The van der Waals surface area contributed by atoms with E-state index in [-0.39, 0.29) is 5.91 Å². The molecule has 2 aromatic heterocycles. The van der Waals surface area contributed by atoms with Gasteiger partial charge in [0.05, 0.1) is 10.4 Å². The van der Waals surface area contributed by atoms with E-state index in [1.54, 1.807) is 0 Å². The Balaban J connectivity index is 1.67. The van der Waals surface area contributed by atoms with Gasteiger partial charge in [-0.15, -0.1) is 11.3 Å². The van der Waals surface area contributed by atoms with Crippen molar-refractivity contribution in [2.75, 3.05) is 0 Å². The van der Waals surface area contributed by atoms with Gasteiger partial charge in [-0.05, 0) is 37.6 Å². The highest BCUT2D eigenvalue weighted by Gasteiger charge is 2.15. The van der Waals surface area contributed by atoms with Crippen LogP contribution in [0.4, 0.5) is 0 Å². The van der Waals surface area contributed by atoms with Gasteiger partial charge in [-0.2, -0.15) is 0 Å². The molecule has 26 heavy (non-hydrogen) atoms. The van der Waals surface area contributed by atoms with Crippen LogP contribution in [0.2, 0.25) is 5.15 Å². The van der Waals surface area contributed by atoms with Crippen LogP contribution in [0.5, 0.6) is 0 Å². The molecule has 1 N–H and O–H groups in total. The number of carbonyl (C=O) groups is 1. The van der Waals surface area contributed by atoms with Crippen molar-refractivity contribution in [1.29, 1.82) is 0 Å². The molecule has 0 aliphatic heterocycles. The minimum absolute atomic E-state index is 0.0938. The zero-order chi connectivity index (χ0) is 18.3. The van der Waals surface area contributed by atoms with Gasteiger partial charge in [0.2, 0.25) is 0 Å². The highest BCUT2D eigenvalue weighted by atomic mass is 35.5. The quantitative estimate of drug-likeness (QED) is 0.466. The second kappa shape index (κ2) is 6.71. The van der Waals surface area contributed by atoms with Crippen LogP contribution in [0.15, 0.2) is 48.5 Å². The molecule has 0 unspecified atom stereocenters. The zero-order valence-electron chi connectivity index (χ0n) is 14.5. The molecule has 130 valence electrons. The van der Waals surface area contributed by atoms with Crippen molar-refractivity contribution in [3.8, 4) is 0 Å². The summed E-state index contributed by atoms with van der Waals surface area (Å²) in [7, 11) is 0. The van der Waals surface area contributed by atoms with Crippen molar-refractivity contribution in [1.82, 2.24) is 10.3 Å². The summed E-state index contributed by atoms with van der Waals surface area (Å²) in [5, 5.41) is 5.28. The van der Waals surface area contributed by atoms with Gasteiger partial charge in [0.1, 0.15) is 5.15 Å². The molecule has 0 aliphatic rings. The first-order valence-electron chi connectivity index (χ1n) is 8.34. The molecule has 0 spiro atoms. The van der Waals surface area contributed by atoms with Crippen molar-refractivity contribution < 1.29 is 4.79 Å². The highest BCUT2D eigenvalue weighted by Crippen LogP contribution is 2.36. The van der Waals surface area contributed by atoms with Gasteiger partial charge < -0.3 is 5.32 Å². The minimum Gasteiger partial charge on any atom is -0.347 e. The normalized spacial score (nSPS) is 11.2. The van der Waals surface area contributed by atoms with Crippen LogP contribution in [-0.2, 0) is 6.54 Å². The molecule has 3 nitrogen and oxygen atoms in total. The number of benzene rings is 2. The Morgan fingerprint density at radius 1 is 1.04 bits per heavy atom. The van der Waals surface area contributed by atoms with Crippen LogP contribution in [0.25, 0.3) is 21.0 Å². The van der Waals surface area contributed by atoms with Crippen molar-refractivity contribution >= 4 is 49.8 Å². The van der Waals surface area contributed by atoms with E-state index in [9.17, 15) is 4.79 Å². The summed E-state index contributed by atoms with van der Waals surface area (Å²) in [6.07, 6.45) is 0. The summed E-state index contributed by atoms with van der Waals surface area (Å²) < 4.78 is 1.00. The molecule has 2 aromatic carbocycles. The van der Waals surface area contributed by atoms with Crippen LogP contribution < -0.4 is 5.32 Å². The Bertz CT molecular complexity index is 1130. The lowest BCUT2D eigenvalue weighted by Gasteiger charge is -2.04. The summed E-state index contributed by atoms with van der Waals surface area (Å²) in [5.74, 6) is -0.0938. The number of hydrogen-bond acceptors (Lipinski definition) is 3. The first kappa shape index (κ1) is 17.0. The van der Waals surface area contributed by atoms with Crippen molar-refractivity contribution in [2.24, 2.45) is 0 Å². The van der Waals surface area contributed by atoms with Crippen molar-refractivity contribution in [3.63, 3.8) is 0 Å². The average Bonchev–Trinajstić information content (AvgIpc) is 3.08. The number of halogens is 1. The summed E-state index contributed by atoms with van der Waals surface area (Å²) in [5.41, 5.74) is 4.28. The SMILES string of the molecule is Cc1ccc(CNC(=O)c2cc3c(Cl)nc4ccc(C)cc4c3s2)cc1. The number of nitrogens with zero attached hydrogens (tertiary/aromatic N) is 1. The number of thiophene rings is 1. The number of rotatable bonds is 3. The Morgan fingerprint density at radius 2 is 1.77 bits per heavy atom. The topological polar surface area (TPSA) is 42.0 Å². The number of aryl methyl sites for hydroxylation is 2. The maximum atomic E-state index is 12.6. The van der Waals surface area contributed by atoms with Gasteiger partial charge in [0, 0.05) is 22.0 Å². The largest absolute Gasteiger partial charge is 0.347 e. The van der Waals surface area contributed by atoms with E-state index in [0.717, 1.165) is 32.1 Å². The highest BCUT2D eigenvalue weighted by molar-refractivity contribution is 7.21. The van der Waals surface area contributed by atoms with E-state index >= 15 is 0 Å². The van der Waals surface area contributed by atoms with E-state index in [2.05, 4.69) is 16.4 Å². The van der Waals surface area contributed by atoms with E-state index < -0.39 is 0 Å². The molecule has 0 bridgehead atoms. The number of amides is 1. The lowest BCUT2D eigenvalue weighted by molar-refractivity contribution is 0.0955. The molecule has 4 aromatic rings. The number of carbonyl (C=O) groups excluding carboxylic acids is 1.